The molecule has 0 saturated heterocycles. The van der Waals surface area contributed by atoms with Crippen LogP contribution in [0.25, 0.3) is 11.0 Å². The lowest BCUT2D eigenvalue weighted by Crippen LogP contribution is -2.47. The minimum Gasteiger partial charge on any atom is -0.464 e. The van der Waals surface area contributed by atoms with Crippen molar-refractivity contribution in [3.63, 3.8) is 0 Å². The molecule has 0 saturated carbocycles. The third-order valence-electron chi connectivity index (χ3n) is 2.96. The summed E-state index contributed by atoms with van der Waals surface area (Å²) < 4.78 is 5.32. The number of aromatic nitrogens is 1. The SMILES string of the molecule is CC(N)C(C)(C)Nc1nccc2occc12. The lowest BCUT2D eigenvalue weighted by molar-refractivity contribution is 0.469. The molecule has 0 bridgehead atoms. The van der Waals surface area contributed by atoms with E-state index in [1.807, 2.05) is 19.1 Å². The highest BCUT2D eigenvalue weighted by molar-refractivity contribution is 5.88. The number of anilines is 1. The Labute approximate surface area is 94.8 Å². The number of fused-ring (bicyclic) bond motifs is 1. The summed E-state index contributed by atoms with van der Waals surface area (Å²) in [6.45, 7) is 6.08. The number of nitrogens with zero attached hydrogens (tertiary/aromatic N) is 1. The fourth-order valence-corrected chi connectivity index (χ4v) is 1.41. The van der Waals surface area contributed by atoms with Gasteiger partial charge in [0.2, 0.25) is 0 Å². The van der Waals surface area contributed by atoms with E-state index in [0.29, 0.717) is 0 Å². The first-order valence-electron chi connectivity index (χ1n) is 5.37. The molecule has 4 heteroatoms. The molecule has 0 aliphatic rings. The number of rotatable bonds is 3. The Kier molecular flexibility index (Phi) is 2.59. The summed E-state index contributed by atoms with van der Waals surface area (Å²) in [6, 6.07) is 3.78. The Bertz CT molecular complexity index is 488. The van der Waals surface area contributed by atoms with Crippen molar-refractivity contribution in [1.82, 2.24) is 4.98 Å². The highest BCUT2D eigenvalue weighted by atomic mass is 16.3. The van der Waals surface area contributed by atoms with Crippen LogP contribution in [0.2, 0.25) is 0 Å². The molecule has 1 atom stereocenters. The lowest BCUT2D eigenvalue weighted by Gasteiger charge is -2.31. The van der Waals surface area contributed by atoms with E-state index < -0.39 is 0 Å². The van der Waals surface area contributed by atoms with Crippen molar-refractivity contribution >= 4 is 16.8 Å². The molecule has 2 aromatic heterocycles. The smallest absolute Gasteiger partial charge is 0.139 e. The highest BCUT2D eigenvalue weighted by Crippen LogP contribution is 2.25. The van der Waals surface area contributed by atoms with Crippen LogP contribution in [0.1, 0.15) is 20.8 Å². The molecule has 1 unspecified atom stereocenters. The number of furan rings is 1. The molecule has 0 radical (unpaired) electrons. The van der Waals surface area contributed by atoms with Gasteiger partial charge in [0.05, 0.1) is 11.6 Å². The van der Waals surface area contributed by atoms with Crippen molar-refractivity contribution in [3.8, 4) is 0 Å². The number of pyridine rings is 1. The standard InChI is InChI=1S/C12H17N3O/c1-8(13)12(2,3)15-11-9-5-7-16-10(9)4-6-14-11/h4-8H,13H2,1-3H3,(H,14,15). The molecule has 2 aromatic rings. The molecule has 0 fully saturated rings. The van der Waals surface area contributed by atoms with Crippen LogP contribution < -0.4 is 11.1 Å². The van der Waals surface area contributed by atoms with Gasteiger partial charge < -0.3 is 15.5 Å². The molecule has 4 nitrogen and oxygen atoms in total. The summed E-state index contributed by atoms with van der Waals surface area (Å²) >= 11 is 0. The zero-order valence-electron chi connectivity index (χ0n) is 9.82. The zero-order valence-corrected chi connectivity index (χ0v) is 9.82. The molecule has 0 amide bonds. The van der Waals surface area contributed by atoms with E-state index in [9.17, 15) is 0 Å². The molecular formula is C12H17N3O. The Morgan fingerprint density at radius 3 is 2.88 bits per heavy atom. The average Bonchev–Trinajstić information content (AvgIpc) is 2.65. The van der Waals surface area contributed by atoms with Gasteiger partial charge in [-0.1, -0.05) is 0 Å². The number of nitrogens with two attached hydrogens (primary N) is 1. The predicted molar refractivity (Wildman–Crippen MR) is 65.4 cm³/mol. The predicted octanol–water partition coefficient (Wildman–Crippen LogP) is 2.37. The second-order valence-corrected chi connectivity index (χ2v) is 4.63. The second-order valence-electron chi connectivity index (χ2n) is 4.63. The molecule has 2 rings (SSSR count). The van der Waals surface area contributed by atoms with E-state index in [0.717, 1.165) is 16.8 Å². The molecular weight excluding hydrogens is 202 g/mol. The third-order valence-corrected chi connectivity index (χ3v) is 2.96. The van der Waals surface area contributed by atoms with Crippen molar-refractivity contribution in [2.75, 3.05) is 5.32 Å². The Hall–Kier alpha value is -1.55. The Balaban J connectivity index is 2.37. The van der Waals surface area contributed by atoms with E-state index in [1.54, 1.807) is 12.5 Å². The quantitative estimate of drug-likeness (QED) is 0.831. The topological polar surface area (TPSA) is 64.1 Å². The van der Waals surface area contributed by atoms with E-state index >= 15 is 0 Å². The van der Waals surface area contributed by atoms with Crippen molar-refractivity contribution in [1.29, 1.82) is 0 Å². The summed E-state index contributed by atoms with van der Waals surface area (Å²) in [5, 5.41) is 4.33. The first kappa shape index (κ1) is 11.0. The molecule has 0 aromatic carbocycles. The van der Waals surface area contributed by atoms with Crippen molar-refractivity contribution < 1.29 is 4.42 Å². The summed E-state index contributed by atoms with van der Waals surface area (Å²) in [5.41, 5.74) is 6.55. The number of hydrogen-bond acceptors (Lipinski definition) is 4. The molecule has 86 valence electrons. The third kappa shape index (κ3) is 1.88. The maximum Gasteiger partial charge on any atom is 0.139 e. The van der Waals surface area contributed by atoms with Gasteiger partial charge in [0.15, 0.2) is 0 Å². The van der Waals surface area contributed by atoms with Crippen LogP contribution in [0.15, 0.2) is 29.0 Å². The monoisotopic (exact) mass is 219 g/mol. The summed E-state index contributed by atoms with van der Waals surface area (Å²) in [6.07, 6.45) is 3.39. The normalized spacial score (nSPS) is 14.0. The highest BCUT2D eigenvalue weighted by Gasteiger charge is 2.23. The Morgan fingerprint density at radius 2 is 2.19 bits per heavy atom. The van der Waals surface area contributed by atoms with Crippen LogP contribution in [0.4, 0.5) is 5.82 Å². The molecule has 0 aliphatic heterocycles. The zero-order chi connectivity index (χ0) is 11.8. The first-order valence-corrected chi connectivity index (χ1v) is 5.37. The van der Waals surface area contributed by atoms with E-state index in [4.69, 9.17) is 10.2 Å². The van der Waals surface area contributed by atoms with Crippen LogP contribution in [-0.4, -0.2) is 16.6 Å². The summed E-state index contributed by atoms with van der Waals surface area (Å²) in [4.78, 5) is 4.32. The van der Waals surface area contributed by atoms with Crippen LogP contribution in [0.3, 0.4) is 0 Å². The van der Waals surface area contributed by atoms with E-state index in [-0.39, 0.29) is 11.6 Å². The minimum atomic E-state index is -0.210. The van der Waals surface area contributed by atoms with Crippen LogP contribution in [0, 0.1) is 0 Å². The van der Waals surface area contributed by atoms with Crippen LogP contribution in [-0.2, 0) is 0 Å². The maximum absolute atomic E-state index is 5.92. The molecule has 0 spiro atoms. The van der Waals surface area contributed by atoms with E-state index in [1.165, 1.54) is 0 Å². The second kappa shape index (κ2) is 3.79. The largest absolute Gasteiger partial charge is 0.464 e. The lowest BCUT2D eigenvalue weighted by atomic mass is 9.97. The number of hydrogen-bond donors (Lipinski definition) is 2. The van der Waals surface area contributed by atoms with Crippen molar-refractivity contribution in [3.05, 3.63) is 24.6 Å². The summed E-state index contributed by atoms with van der Waals surface area (Å²) in [7, 11) is 0. The van der Waals surface area contributed by atoms with Gasteiger partial charge in [-0.3, -0.25) is 0 Å². The van der Waals surface area contributed by atoms with Gasteiger partial charge in [0.1, 0.15) is 11.4 Å². The van der Waals surface area contributed by atoms with Gasteiger partial charge in [-0.15, -0.1) is 0 Å². The fourth-order valence-electron chi connectivity index (χ4n) is 1.41. The van der Waals surface area contributed by atoms with E-state index in [2.05, 4.69) is 24.1 Å². The first-order chi connectivity index (χ1) is 7.50. The summed E-state index contributed by atoms with van der Waals surface area (Å²) in [5.74, 6) is 0.813. The van der Waals surface area contributed by atoms with Gasteiger partial charge >= 0.3 is 0 Å². The van der Waals surface area contributed by atoms with Crippen LogP contribution >= 0.6 is 0 Å². The molecule has 2 heterocycles. The van der Waals surface area contributed by atoms with Gasteiger partial charge in [-0.25, -0.2) is 4.98 Å². The molecule has 3 N–H and O–H groups in total. The van der Waals surface area contributed by atoms with Crippen molar-refractivity contribution in [2.24, 2.45) is 5.73 Å². The molecule has 0 aliphatic carbocycles. The van der Waals surface area contributed by atoms with Gasteiger partial charge in [0, 0.05) is 17.8 Å². The number of nitrogens with one attached hydrogen (secondary N) is 1. The average molecular weight is 219 g/mol. The molecule has 16 heavy (non-hydrogen) atoms. The van der Waals surface area contributed by atoms with Gasteiger partial charge in [-0.05, 0) is 32.9 Å². The minimum absolute atomic E-state index is 0.0245. The van der Waals surface area contributed by atoms with Gasteiger partial charge in [0.25, 0.3) is 0 Å². The van der Waals surface area contributed by atoms with Crippen LogP contribution in [0.5, 0.6) is 0 Å². The maximum atomic E-state index is 5.92. The van der Waals surface area contributed by atoms with Crippen molar-refractivity contribution in [2.45, 2.75) is 32.4 Å². The van der Waals surface area contributed by atoms with Gasteiger partial charge in [-0.2, -0.15) is 0 Å². The Morgan fingerprint density at radius 1 is 1.44 bits per heavy atom. The fraction of sp³-hybridized carbons (Fsp3) is 0.417.